The number of rotatable bonds is 2. The number of nitrogens with zero attached hydrogens (tertiary/aromatic N) is 1. The Kier molecular flexibility index (Phi) is 3.68. The van der Waals surface area contributed by atoms with Gasteiger partial charge >= 0.3 is 5.97 Å². The van der Waals surface area contributed by atoms with Gasteiger partial charge in [-0.05, 0) is 17.7 Å². The van der Waals surface area contributed by atoms with Crippen molar-refractivity contribution in [2.75, 3.05) is 13.7 Å². The number of benzene rings is 1. The van der Waals surface area contributed by atoms with Crippen LogP contribution in [0.2, 0.25) is 0 Å². The van der Waals surface area contributed by atoms with Gasteiger partial charge in [-0.2, -0.15) is 0 Å². The summed E-state index contributed by atoms with van der Waals surface area (Å²) >= 11 is 3.31. The summed E-state index contributed by atoms with van der Waals surface area (Å²) in [5.74, 6) is -1.39. The van der Waals surface area contributed by atoms with Gasteiger partial charge in [0.05, 0.1) is 0 Å². The fourth-order valence-corrected chi connectivity index (χ4v) is 2.20. The highest BCUT2D eigenvalue weighted by Crippen LogP contribution is 2.29. The number of hydrogen-bond donors (Lipinski definition) is 1. The highest BCUT2D eigenvalue weighted by Gasteiger charge is 2.40. The van der Waals surface area contributed by atoms with Crippen molar-refractivity contribution in [3.05, 3.63) is 34.3 Å². The Hall–Kier alpha value is -1.40. The van der Waals surface area contributed by atoms with Crippen molar-refractivity contribution >= 4 is 27.8 Å². The molecule has 1 N–H and O–H groups in total. The molecule has 1 fully saturated rings. The van der Waals surface area contributed by atoms with Crippen LogP contribution >= 0.6 is 15.9 Å². The van der Waals surface area contributed by atoms with Crippen molar-refractivity contribution in [2.24, 2.45) is 0 Å². The minimum Gasteiger partial charge on any atom is -0.480 e. The monoisotopic (exact) mass is 313 g/mol. The van der Waals surface area contributed by atoms with Gasteiger partial charge in [-0.3, -0.25) is 4.79 Å². The van der Waals surface area contributed by atoms with Crippen LogP contribution in [0.4, 0.5) is 0 Å². The number of carboxylic acids is 1. The van der Waals surface area contributed by atoms with E-state index in [4.69, 9.17) is 4.74 Å². The molecule has 1 aliphatic rings. The maximum absolute atomic E-state index is 11.5. The first-order valence-corrected chi connectivity index (χ1v) is 6.15. The quantitative estimate of drug-likeness (QED) is 0.897. The summed E-state index contributed by atoms with van der Waals surface area (Å²) in [6, 6.07) is 6.21. The van der Waals surface area contributed by atoms with E-state index in [9.17, 15) is 14.7 Å². The topological polar surface area (TPSA) is 66.8 Å². The average molecular weight is 314 g/mol. The molecule has 96 valence electrons. The van der Waals surface area contributed by atoms with E-state index in [2.05, 4.69) is 15.9 Å². The van der Waals surface area contributed by atoms with E-state index < -0.39 is 18.1 Å². The van der Waals surface area contributed by atoms with Crippen molar-refractivity contribution in [1.82, 2.24) is 4.90 Å². The summed E-state index contributed by atoms with van der Waals surface area (Å²) in [6.07, 6.45) is -0.640. The SMILES string of the molecule is CN1C(=O)COC(c2ccc(Br)cc2)C1C(=O)O. The Morgan fingerprint density at radius 3 is 2.61 bits per heavy atom. The Bertz CT molecular complexity index is 473. The van der Waals surface area contributed by atoms with Gasteiger partial charge in [0.2, 0.25) is 5.91 Å². The Morgan fingerprint density at radius 1 is 1.44 bits per heavy atom. The van der Waals surface area contributed by atoms with Gasteiger partial charge in [0.25, 0.3) is 0 Å². The molecule has 1 saturated heterocycles. The zero-order valence-corrected chi connectivity index (χ0v) is 11.3. The van der Waals surface area contributed by atoms with E-state index in [-0.39, 0.29) is 12.5 Å². The Morgan fingerprint density at radius 2 is 2.06 bits per heavy atom. The molecule has 0 aromatic heterocycles. The third-order valence-corrected chi connectivity index (χ3v) is 3.46. The molecule has 1 aliphatic heterocycles. The number of aliphatic carboxylic acids is 1. The van der Waals surface area contributed by atoms with E-state index in [1.807, 2.05) is 12.1 Å². The molecule has 2 atom stereocenters. The highest BCUT2D eigenvalue weighted by molar-refractivity contribution is 9.10. The standard InChI is InChI=1S/C12H12BrNO4/c1-14-9(15)6-18-11(10(14)12(16)17)7-2-4-8(13)5-3-7/h2-5,10-11H,6H2,1H3,(H,16,17). The highest BCUT2D eigenvalue weighted by atomic mass is 79.9. The van der Waals surface area contributed by atoms with Crippen molar-refractivity contribution in [3.8, 4) is 0 Å². The normalized spacial score (nSPS) is 24.1. The molecule has 2 rings (SSSR count). The van der Waals surface area contributed by atoms with Gasteiger partial charge in [-0.1, -0.05) is 28.1 Å². The number of carbonyl (C=O) groups excluding carboxylic acids is 1. The average Bonchev–Trinajstić information content (AvgIpc) is 2.33. The number of carboxylic acid groups (broad SMARTS) is 1. The summed E-state index contributed by atoms with van der Waals surface area (Å²) in [6.45, 7) is -0.0962. The lowest BCUT2D eigenvalue weighted by Crippen LogP contribution is -2.52. The lowest BCUT2D eigenvalue weighted by Gasteiger charge is -2.36. The van der Waals surface area contributed by atoms with Crippen LogP contribution in [-0.4, -0.2) is 41.6 Å². The van der Waals surface area contributed by atoms with Crippen LogP contribution in [0.1, 0.15) is 11.7 Å². The molecular weight excluding hydrogens is 302 g/mol. The van der Waals surface area contributed by atoms with Gasteiger partial charge in [0, 0.05) is 11.5 Å². The number of hydrogen-bond acceptors (Lipinski definition) is 3. The lowest BCUT2D eigenvalue weighted by atomic mass is 9.99. The number of halogens is 1. The van der Waals surface area contributed by atoms with Crippen LogP contribution in [0.15, 0.2) is 28.7 Å². The largest absolute Gasteiger partial charge is 0.480 e. The molecule has 1 aromatic carbocycles. The third kappa shape index (κ3) is 2.39. The lowest BCUT2D eigenvalue weighted by molar-refractivity contribution is -0.169. The second-order valence-corrected chi connectivity index (χ2v) is 4.99. The number of amides is 1. The molecule has 0 radical (unpaired) electrons. The minimum absolute atomic E-state index is 0.0962. The first-order valence-electron chi connectivity index (χ1n) is 5.36. The number of carbonyl (C=O) groups is 2. The fourth-order valence-electron chi connectivity index (χ4n) is 1.94. The number of ether oxygens (including phenoxy) is 1. The summed E-state index contributed by atoms with van der Waals surface area (Å²) in [5, 5.41) is 9.23. The predicted molar refractivity (Wildman–Crippen MR) is 67.0 cm³/mol. The Labute approximate surface area is 112 Å². The second-order valence-electron chi connectivity index (χ2n) is 4.07. The molecule has 0 aliphatic carbocycles. The van der Waals surface area contributed by atoms with Crippen LogP contribution in [0, 0.1) is 0 Å². The van der Waals surface area contributed by atoms with Crippen LogP contribution in [0.5, 0.6) is 0 Å². The van der Waals surface area contributed by atoms with E-state index in [0.29, 0.717) is 0 Å². The first kappa shape index (κ1) is 13.0. The maximum atomic E-state index is 11.5. The van der Waals surface area contributed by atoms with Crippen LogP contribution < -0.4 is 0 Å². The first-order chi connectivity index (χ1) is 8.50. The molecule has 0 bridgehead atoms. The number of likely N-dealkylation sites (N-methyl/N-ethyl adjacent to an activating group) is 1. The summed E-state index contributed by atoms with van der Waals surface area (Å²) in [5.41, 5.74) is 0.741. The van der Waals surface area contributed by atoms with Gasteiger partial charge in [-0.25, -0.2) is 4.79 Å². The predicted octanol–water partition coefficient (Wildman–Crippen LogP) is 1.43. The molecule has 0 spiro atoms. The summed E-state index contributed by atoms with van der Waals surface area (Å²) < 4.78 is 6.27. The smallest absolute Gasteiger partial charge is 0.329 e. The Balaban J connectivity index is 2.33. The van der Waals surface area contributed by atoms with Crippen LogP contribution in [0.3, 0.4) is 0 Å². The van der Waals surface area contributed by atoms with Gasteiger partial charge < -0.3 is 14.7 Å². The molecule has 6 heteroatoms. The second kappa shape index (κ2) is 5.07. The fraction of sp³-hybridized carbons (Fsp3) is 0.333. The van der Waals surface area contributed by atoms with Crippen LogP contribution in [-0.2, 0) is 14.3 Å². The van der Waals surface area contributed by atoms with Crippen molar-refractivity contribution < 1.29 is 19.4 Å². The molecule has 2 unspecified atom stereocenters. The van der Waals surface area contributed by atoms with Gasteiger partial charge in [0.1, 0.15) is 12.7 Å². The molecule has 18 heavy (non-hydrogen) atoms. The zero-order valence-electron chi connectivity index (χ0n) is 9.67. The van der Waals surface area contributed by atoms with E-state index in [0.717, 1.165) is 10.0 Å². The van der Waals surface area contributed by atoms with Gasteiger partial charge in [-0.15, -0.1) is 0 Å². The maximum Gasteiger partial charge on any atom is 0.329 e. The molecule has 1 amide bonds. The molecule has 1 heterocycles. The van der Waals surface area contributed by atoms with E-state index >= 15 is 0 Å². The third-order valence-electron chi connectivity index (χ3n) is 2.94. The van der Waals surface area contributed by atoms with E-state index in [1.165, 1.54) is 11.9 Å². The molecule has 1 aromatic rings. The zero-order chi connectivity index (χ0) is 13.3. The molecular formula is C12H12BrNO4. The van der Waals surface area contributed by atoms with Gasteiger partial charge in [0.15, 0.2) is 6.04 Å². The van der Waals surface area contributed by atoms with Crippen molar-refractivity contribution in [1.29, 1.82) is 0 Å². The van der Waals surface area contributed by atoms with E-state index in [1.54, 1.807) is 12.1 Å². The molecule has 0 saturated carbocycles. The summed E-state index contributed by atoms with van der Waals surface area (Å²) in [7, 11) is 1.48. The minimum atomic E-state index is -1.07. The summed E-state index contributed by atoms with van der Waals surface area (Å²) in [4.78, 5) is 24.0. The van der Waals surface area contributed by atoms with Crippen molar-refractivity contribution in [2.45, 2.75) is 12.1 Å². The number of morpholine rings is 1. The van der Waals surface area contributed by atoms with Crippen LogP contribution in [0.25, 0.3) is 0 Å². The molecule has 5 nitrogen and oxygen atoms in total. The van der Waals surface area contributed by atoms with Crippen molar-refractivity contribution in [3.63, 3.8) is 0 Å².